The number of ether oxygens (including phenoxy) is 1. The molecular formula is C23H24N4O4S. The predicted molar refractivity (Wildman–Crippen MR) is 121 cm³/mol. The first-order chi connectivity index (χ1) is 15.6. The maximum absolute atomic E-state index is 13.2. The molecule has 0 saturated carbocycles. The number of para-hydroxylation sites is 2. The van der Waals surface area contributed by atoms with Crippen molar-refractivity contribution < 1.29 is 18.7 Å². The van der Waals surface area contributed by atoms with Gasteiger partial charge in [0.15, 0.2) is 16.9 Å². The quantitative estimate of drug-likeness (QED) is 0.606. The molecule has 32 heavy (non-hydrogen) atoms. The molecule has 0 spiro atoms. The zero-order valence-corrected chi connectivity index (χ0v) is 18.6. The summed E-state index contributed by atoms with van der Waals surface area (Å²) in [5.74, 6) is 1.19. The number of anilines is 1. The van der Waals surface area contributed by atoms with Gasteiger partial charge in [0.25, 0.3) is 5.91 Å². The zero-order chi connectivity index (χ0) is 22.1. The van der Waals surface area contributed by atoms with Crippen molar-refractivity contribution >= 4 is 28.8 Å². The lowest BCUT2D eigenvalue weighted by atomic mass is 10.1. The van der Waals surface area contributed by atoms with E-state index in [4.69, 9.17) is 9.15 Å². The van der Waals surface area contributed by atoms with Crippen LogP contribution in [0.1, 0.15) is 12.6 Å². The van der Waals surface area contributed by atoms with Crippen molar-refractivity contribution in [3.8, 4) is 16.5 Å². The van der Waals surface area contributed by atoms with Gasteiger partial charge >= 0.3 is 0 Å². The number of furan rings is 1. The van der Waals surface area contributed by atoms with Crippen LogP contribution in [0.2, 0.25) is 0 Å². The van der Waals surface area contributed by atoms with Crippen LogP contribution in [0.25, 0.3) is 10.8 Å². The Kier molecular flexibility index (Phi) is 5.67. The summed E-state index contributed by atoms with van der Waals surface area (Å²) in [6.45, 7) is 5.26. The fourth-order valence-electron chi connectivity index (χ4n) is 4.11. The van der Waals surface area contributed by atoms with Crippen LogP contribution in [0.4, 0.5) is 5.69 Å². The van der Waals surface area contributed by atoms with E-state index in [1.54, 1.807) is 28.6 Å². The largest absolute Gasteiger partial charge is 0.476 e. The summed E-state index contributed by atoms with van der Waals surface area (Å²) < 4.78 is 11.4. The maximum atomic E-state index is 13.2. The van der Waals surface area contributed by atoms with E-state index >= 15 is 0 Å². The van der Waals surface area contributed by atoms with Gasteiger partial charge in [-0.1, -0.05) is 12.1 Å². The molecule has 4 heterocycles. The molecule has 1 atom stereocenters. The molecule has 3 aromatic rings. The van der Waals surface area contributed by atoms with Crippen LogP contribution in [0, 0.1) is 0 Å². The first-order valence-corrected chi connectivity index (χ1v) is 11.5. The highest BCUT2D eigenvalue weighted by molar-refractivity contribution is 7.13. The normalized spacial score (nSPS) is 18.8. The van der Waals surface area contributed by atoms with Crippen molar-refractivity contribution in [1.82, 2.24) is 14.8 Å². The highest BCUT2D eigenvalue weighted by Gasteiger charge is 2.36. The Morgan fingerprint density at radius 2 is 1.94 bits per heavy atom. The lowest BCUT2D eigenvalue weighted by Crippen LogP contribution is -2.56. The molecule has 0 N–H and O–H groups in total. The molecular weight excluding hydrogens is 428 g/mol. The van der Waals surface area contributed by atoms with Gasteiger partial charge in [0, 0.05) is 45.0 Å². The Morgan fingerprint density at radius 1 is 1.12 bits per heavy atom. The van der Waals surface area contributed by atoms with Crippen LogP contribution in [-0.2, 0) is 16.1 Å². The third kappa shape index (κ3) is 4.13. The van der Waals surface area contributed by atoms with Gasteiger partial charge in [-0.2, -0.15) is 0 Å². The molecule has 2 aliphatic rings. The number of thiazole rings is 1. The van der Waals surface area contributed by atoms with Crippen molar-refractivity contribution in [3.05, 3.63) is 53.7 Å². The van der Waals surface area contributed by atoms with Crippen molar-refractivity contribution in [2.75, 3.05) is 37.6 Å². The Labute approximate surface area is 190 Å². The standard InChI is InChI=1S/C23H24N4O4S/c1-16(28)27-14-21(31-19-6-3-2-5-18(19)27)23(29)26-10-8-25(9-11-26)13-17-15-32-22(24-17)20-7-4-12-30-20/h2-7,12,15,21H,8-11,13-14H2,1H3. The number of benzene rings is 1. The molecule has 5 rings (SSSR count). The lowest BCUT2D eigenvalue weighted by Gasteiger charge is -2.39. The Balaban J connectivity index is 1.18. The van der Waals surface area contributed by atoms with Gasteiger partial charge in [-0.3, -0.25) is 14.5 Å². The molecule has 2 aromatic heterocycles. The van der Waals surface area contributed by atoms with Crippen molar-refractivity contribution in [3.63, 3.8) is 0 Å². The SMILES string of the molecule is CC(=O)N1CC(C(=O)N2CCN(Cc3csc(-c4ccco4)n3)CC2)Oc2ccccc21. The molecule has 1 unspecified atom stereocenters. The third-order valence-corrected chi connectivity index (χ3v) is 6.69. The first kappa shape index (κ1) is 20.7. The van der Waals surface area contributed by atoms with E-state index in [2.05, 4.69) is 15.3 Å². The fourth-order valence-corrected chi connectivity index (χ4v) is 4.89. The number of carbonyl (C=O) groups excluding carboxylic acids is 2. The van der Waals surface area contributed by atoms with Crippen molar-refractivity contribution in [2.24, 2.45) is 0 Å². The van der Waals surface area contributed by atoms with Gasteiger partial charge < -0.3 is 19.0 Å². The van der Waals surface area contributed by atoms with Crippen LogP contribution in [0.15, 0.2) is 52.5 Å². The molecule has 166 valence electrons. The van der Waals surface area contributed by atoms with Crippen molar-refractivity contribution in [1.29, 1.82) is 0 Å². The summed E-state index contributed by atoms with van der Waals surface area (Å²) in [5.41, 5.74) is 1.72. The number of rotatable bonds is 4. The highest BCUT2D eigenvalue weighted by Crippen LogP contribution is 2.33. The molecule has 1 saturated heterocycles. The lowest BCUT2D eigenvalue weighted by molar-refractivity contribution is -0.140. The van der Waals surface area contributed by atoms with Crippen LogP contribution < -0.4 is 9.64 Å². The number of hydrogen-bond acceptors (Lipinski definition) is 7. The number of nitrogens with zero attached hydrogens (tertiary/aromatic N) is 4. The number of aromatic nitrogens is 1. The van der Waals surface area contributed by atoms with E-state index in [0.29, 0.717) is 24.5 Å². The second-order valence-electron chi connectivity index (χ2n) is 7.93. The van der Waals surface area contributed by atoms with E-state index in [-0.39, 0.29) is 18.4 Å². The van der Waals surface area contributed by atoms with Gasteiger partial charge in [-0.05, 0) is 24.3 Å². The summed E-state index contributed by atoms with van der Waals surface area (Å²) in [6.07, 6.45) is 0.964. The van der Waals surface area contributed by atoms with Crippen LogP contribution in [-0.4, -0.2) is 65.4 Å². The van der Waals surface area contributed by atoms with Crippen LogP contribution >= 0.6 is 11.3 Å². The average Bonchev–Trinajstić information content (AvgIpc) is 3.50. The Morgan fingerprint density at radius 3 is 2.69 bits per heavy atom. The molecule has 0 radical (unpaired) electrons. The smallest absolute Gasteiger partial charge is 0.265 e. The topological polar surface area (TPSA) is 79.1 Å². The molecule has 0 aliphatic carbocycles. The van der Waals surface area contributed by atoms with Crippen molar-refractivity contribution in [2.45, 2.75) is 19.6 Å². The highest BCUT2D eigenvalue weighted by atomic mass is 32.1. The maximum Gasteiger partial charge on any atom is 0.265 e. The van der Waals surface area contributed by atoms with E-state index in [1.807, 2.05) is 35.2 Å². The Bertz CT molecular complexity index is 1100. The minimum absolute atomic E-state index is 0.0702. The minimum atomic E-state index is -0.685. The number of carbonyl (C=O) groups is 2. The molecule has 1 aromatic carbocycles. The zero-order valence-electron chi connectivity index (χ0n) is 17.8. The monoisotopic (exact) mass is 452 g/mol. The molecule has 0 bridgehead atoms. The second-order valence-corrected chi connectivity index (χ2v) is 8.78. The first-order valence-electron chi connectivity index (χ1n) is 10.6. The van der Waals surface area contributed by atoms with E-state index in [1.165, 1.54) is 6.92 Å². The summed E-state index contributed by atoms with van der Waals surface area (Å²) in [7, 11) is 0. The van der Waals surface area contributed by atoms with Gasteiger partial charge in [-0.25, -0.2) is 4.98 Å². The second kappa shape index (κ2) is 8.76. The summed E-state index contributed by atoms with van der Waals surface area (Å²) >= 11 is 1.57. The van der Waals surface area contributed by atoms with E-state index < -0.39 is 6.10 Å². The van der Waals surface area contributed by atoms with Gasteiger partial charge in [-0.15, -0.1) is 11.3 Å². The number of amides is 2. The van der Waals surface area contributed by atoms with Gasteiger partial charge in [0.2, 0.25) is 5.91 Å². The third-order valence-electron chi connectivity index (χ3n) is 5.78. The summed E-state index contributed by atoms with van der Waals surface area (Å²) in [6, 6.07) is 11.1. The van der Waals surface area contributed by atoms with Crippen LogP contribution in [0.5, 0.6) is 5.75 Å². The summed E-state index contributed by atoms with van der Waals surface area (Å²) in [5, 5.41) is 2.93. The Hall–Kier alpha value is -3.17. The molecule has 2 aliphatic heterocycles. The van der Waals surface area contributed by atoms with Gasteiger partial charge in [0.1, 0.15) is 5.75 Å². The number of hydrogen-bond donors (Lipinski definition) is 0. The molecule has 1 fully saturated rings. The van der Waals surface area contributed by atoms with E-state index in [9.17, 15) is 9.59 Å². The number of fused-ring (bicyclic) bond motifs is 1. The predicted octanol–water partition coefficient (Wildman–Crippen LogP) is 2.86. The molecule has 2 amide bonds. The molecule has 9 heteroatoms. The van der Waals surface area contributed by atoms with Gasteiger partial charge in [0.05, 0.1) is 24.2 Å². The fraction of sp³-hybridized carbons (Fsp3) is 0.348. The number of piperazine rings is 1. The van der Waals surface area contributed by atoms with Crippen LogP contribution in [0.3, 0.4) is 0 Å². The summed E-state index contributed by atoms with van der Waals surface area (Å²) in [4.78, 5) is 35.7. The minimum Gasteiger partial charge on any atom is -0.476 e. The van der Waals surface area contributed by atoms with E-state index in [0.717, 1.165) is 36.1 Å². The average molecular weight is 453 g/mol. The molecule has 8 nitrogen and oxygen atoms in total.